The van der Waals surface area contributed by atoms with Gasteiger partial charge in [0.05, 0.1) is 4.91 Å². The van der Waals surface area contributed by atoms with Gasteiger partial charge in [0, 0.05) is 11.0 Å². The lowest BCUT2D eigenvalue weighted by Crippen LogP contribution is -2.27. The number of halogens is 1. The molecule has 1 fully saturated rings. The molecule has 0 atom stereocenters. The molecular formula is C12H10BrNO2S. The summed E-state index contributed by atoms with van der Waals surface area (Å²) in [7, 11) is 0. The van der Waals surface area contributed by atoms with Crippen molar-refractivity contribution < 1.29 is 9.59 Å². The minimum Gasteiger partial charge on any atom is -0.269 e. The van der Waals surface area contributed by atoms with E-state index in [1.54, 1.807) is 13.0 Å². The first-order chi connectivity index (χ1) is 8.11. The average molecular weight is 312 g/mol. The molecule has 0 aromatic heterocycles. The van der Waals surface area contributed by atoms with Crippen molar-refractivity contribution >= 4 is 44.9 Å². The molecule has 1 aromatic rings. The molecule has 1 aliphatic rings. The zero-order valence-electron chi connectivity index (χ0n) is 9.14. The van der Waals surface area contributed by atoms with Gasteiger partial charge in [0.2, 0.25) is 0 Å². The molecule has 1 saturated heterocycles. The molecule has 2 rings (SSSR count). The largest absolute Gasteiger partial charge is 0.293 e. The predicted molar refractivity (Wildman–Crippen MR) is 72.5 cm³/mol. The maximum atomic E-state index is 11.8. The lowest BCUT2D eigenvalue weighted by atomic mass is 10.2. The molecule has 0 aliphatic carbocycles. The van der Waals surface area contributed by atoms with E-state index in [0.717, 1.165) is 21.8 Å². The summed E-state index contributed by atoms with van der Waals surface area (Å²) in [6.07, 6.45) is 1.74. The molecule has 0 radical (unpaired) electrons. The Morgan fingerprint density at radius 1 is 1.29 bits per heavy atom. The minimum atomic E-state index is -0.203. The number of amides is 2. The van der Waals surface area contributed by atoms with Crippen molar-refractivity contribution in [1.29, 1.82) is 0 Å². The molecule has 5 heteroatoms. The molecule has 1 heterocycles. The fourth-order valence-corrected chi connectivity index (χ4v) is 2.65. The number of carbonyl (C=O) groups excluding carboxylic acids is 2. The second-order valence-electron chi connectivity index (χ2n) is 3.48. The molecule has 17 heavy (non-hydrogen) atoms. The van der Waals surface area contributed by atoms with Crippen molar-refractivity contribution in [3.8, 4) is 0 Å². The van der Waals surface area contributed by atoms with E-state index in [0.29, 0.717) is 11.4 Å². The molecule has 0 bridgehead atoms. The van der Waals surface area contributed by atoms with Crippen molar-refractivity contribution in [2.45, 2.75) is 6.92 Å². The Hall–Kier alpha value is -1.07. The van der Waals surface area contributed by atoms with Gasteiger partial charge in [-0.3, -0.25) is 14.5 Å². The van der Waals surface area contributed by atoms with Crippen molar-refractivity contribution in [3.05, 3.63) is 39.2 Å². The van der Waals surface area contributed by atoms with Crippen LogP contribution in [0.15, 0.2) is 33.6 Å². The van der Waals surface area contributed by atoms with Crippen LogP contribution in [0.2, 0.25) is 0 Å². The Labute approximate surface area is 112 Å². The van der Waals surface area contributed by atoms with Crippen LogP contribution in [0.3, 0.4) is 0 Å². The normalized spacial score (nSPS) is 18.2. The number of hydrogen-bond acceptors (Lipinski definition) is 3. The van der Waals surface area contributed by atoms with Gasteiger partial charge in [0.15, 0.2) is 0 Å². The number of imide groups is 1. The van der Waals surface area contributed by atoms with Crippen LogP contribution in [0, 0.1) is 0 Å². The number of thioether (sulfide) groups is 1. The molecule has 88 valence electrons. The van der Waals surface area contributed by atoms with E-state index < -0.39 is 0 Å². The first kappa shape index (κ1) is 12.4. The minimum absolute atomic E-state index is 0.194. The number of benzene rings is 1. The highest BCUT2D eigenvalue weighted by Gasteiger charge is 2.33. The first-order valence-electron chi connectivity index (χ1n) is 5.12. The Bertz CT molecular complexity index is 496. The van der Waals surface area contributed by atoms with E-state index in [1.807, 2.05) is 24.3 Å². The third-order valence-corrected chi connectivity index (χ3v) is 3.79. The summed E-state index contributed by atoms with van der Waals surface area (Å²) < 4.78 is 0.983. The van der Waals surface area contributed by atoms with Crippen LogP contribution in [-0.2, 0) is 4.79 Å². The van der Waals surface area contributed by atoms with Gasteiger partial charge in [-0.2, -0.15) is 0 Å². The van der Waals surface area contributed by atoms with Crippen molar-refractivity contribution in [1.82, 2.24) is 4.90 Å². The van der Waals surface area contributed by atoms with E-state index in [4.69, 9.17) is 0 Å². The molecule has 1 aliphatic heterocycles. The Morgan fingerprint density at radius 3 is 2.47 bits per heavy atom. The lowest BCUT2D eigenvalue weighted by Gasteiger charge is -2.06. The van der Waals surface area contributed by atoms with Gasteiger partial charge < -0.3 is 0 Å². The second-order valence-corrected chi connectivity index (χ2v) is 5.39. The molecule has 3 nitrogen and oxygen atoms in total. The fraction of sp³-hybridized carbons (Fsp3) is 0.167. The Balaban J connectivity index is 2.27. The molecule has 0 unspecified atom stereocenters. The second kappa shape index (κ2) is 5.06. The molecule has 0 N–H and O–H groups in total. The smallest absolute Gasteiger partial charge is 0.269 e. The summed E-state index contributed by atoms with van der Waals surface area (Å²) in [6.45, 7) is 2.21. The average Bonchev–Trinajstić information content (AvgIpc) is 2.57. The van der Waals surface area contributed by atoms with E-state index in [9.17, 15) is 9.59 Å². The highest BCUT2D eigenvalue weighted by Crippen LogP contribution is 2.31. The van der Waals surface area contributed by atoms with E-state index in [1.165, 1.54) is 4.90 Å². The van der Waals surface area contributed by atoms with Crippen molar-refractivity contribution in [2.75, 3.05) is 6.54 Å². The third kappa shape index (κ3) is 2.61. The van der Waals surface area contributed by atoms with E-state index in [2.05, 4.69) is 15.9 Å². The van der Waals surface area contributed by atoms with Crippen LogP contribution < -0.4 is 0 Å². The highest BCUT2D eigenvalue weighted by atomic mass is 79.9. The maximum Gasteiger partial charge on any atom is 0.293 e. The van der Waals surface area contributed by atoms with Gasteiger partial charge >= 0.3 is 0 Å². The molecule has 2 amide bonds. The summed E-state index contributed by atoms with van der Waals surface area (Å²) >= 11 is 4.34. The molecule has 0 saturated carbocycles. The van der Waals surface area contributed by atoms with Crippen LogP contribution in [0.1, 0.15) is 12.5 Å². The van der Waals surface area contributed by atoms with Crippen molar-refractivity contribution in [2.24, 2.45) is 0 Å². The van der Waals surface area contributed by atoms with E-state index in [-0.39, 0.29) is 11.1 Å². The molecule has 0 spiro atoms. The van der Waals surface area contributed by atoms with Gasteiger partial charge in [-0.15, -0.1) is 0 Å². The standard InChI is InChI=1S/C12H10BrNO2S/c1-2-14-11(15)10(17-12(14)16)7-8-3-5-9(13)6-4-8/h3-7H,2H2,1H3/b10-7-. The van der Waals surface area contributed by atoms with Gasteiger partial charge in [0.1, 0.15) is 0 Å². The van der Waals surface area contributed by atoms with Gasteiger partial charge in [-0.05, 0) is 42.5 Å². The van der Waals surface area contributed by atoms with Crippen LogP contribution in [0.25, 0.3) is 6.08 Å². The van der Waals surface area contributed by atoms with E-state index >= 15 is 0 Å². The van der Waals surface area contributed by atoms with Crippen LogP contribution in [-0.4, -0.2) is 22.6 Å². The van der Waals surface area contributed by atoms with Gasteiger partial charge in [-0.1, -0.05) is 28.1 Å². The Kier molecular flexibility index (Phi) is 3.69. The summed E-state index contributed by atoms with van der Waals surface area (Å²) in [5.74, 6) is -0.203. The highest BCUT2D eigenvalue weighted by molar-refractivity contribution is 9.10. The summed E-state index contributed by atoms with van der Waals surface area (Å²) in [4.78, 5) is 25.0. The number of hydrogen-bond donors (Lipinski definition) is 0. The fourth-order valence-electron chi connectivity index (χ4n) is 1.48. The monoisotopic (exact) mass is 311 g/mol. The summed E-state index contributed by atoms with van der Waals surface area (Å²) in [5.41, 5.74) is 0.912. The first-order valence-corrected chi connectivity index (χ1v) is 6.73. The zero-order valence-corrected chi connectivity index (χ0v) is 11.5. The van der Waals surface area contributed by atoms with Crippen LogP contribution >= 0.6 is 27.7 Å². The van der Waals surface area contributed by atoms with Crippen molar-refractivity contribution in [3.63, 3.8) is 0 Å². The third-order valence-electron chi connectivity index (χ3n) is 2.36. The lowest BCUT2D eigenvalue weighted by molar-refractivity contribution is -0.122. The number of rotatable bonds is 2. The topological polar surface area (TPSA) is 37.4 Å². The summed E-state index contributed by atoms with van der Waals surface area (Å²) in [6, 6.07) is 7.58. The quantitative estimate of drug-likeness (QED) is 0.784. The van der Waals surface area contributed by atoms with Gasteiger partial charge in [-0.25, -0.2) is 0 Å². The zero-order chi connectivity index (χ0) is 12.4. The van der Waals surface area contributed by atoms with Crippen LogP contribution in [0.5, 0.6) is 0 Å². The van der Waals surface area contributed by atoms with Gasteiger partial charge in [0.25, 0.3) is 11.1 Å². The maximum absolute atomic E-state index is 11.8. The number of carbonyl (C=O) groups is 2. The number of nitrogens with zero attached hydrogens (tertiary/aromatic N) is 1. The molecule has 1 aromatic carbocycles. The number of likely N-dealkylation sites (N-methyl/N-ethyl adjacent to an activating group) is 1. The van der Waals surface area contributed by atoms with Crippen LogP contribution in [0.4, 0.5) is 4.79 Å². The molecular weight excluding hydrogens is 302 g/mol. The Morgan fingerprint density at radius 2 is 1.94 bits per heavy atom. The predicted octanol–water partition coefficient (Wildman–Crippen LogP) is 3.51. The summed E-state index contributed by atoms with van der Waals surface area (Å²) in [5, 5.41) is -0.194. The SMILES string of the molecule is CCN1C(=O)S/C(=C\c2ccc(Br)cc2)C1=O.